The highest BCUT2D eigenvalue weighted by Crippen LogP contribution is 2.33. The molecule has 0 aliphatic rings. The maximum Gasteiger partial charge on any atom is 0.338 e. The van der Waals surface area contributed by atoms with Crippen LogP contribution in [0, 0.1) is 0 Å². The van der Waals surface area contributed by atoms with Crippen molar-refractivity contribution in [2.45, 2.75) is 32.1 Å². The second-order valence-electron chi connectivity index (χ2n) is 11.4. The lowest BCUT2D eigenvalue weighted by molar-refractivity contribution is 0.0526. The molecule has 0 saturated carbocycles. The minimum absolute atomic E-state index is 0.0804. The van der Waals surface area contributed by atoms with Gasteiger partial charge >= 0.3 is 5.97 Å². The number of aromatic nitrogens is 1. The van der Waals surface area contributed by atoms with Gasteiger partial charge in [-0.1, -0.05) is 66.7 Å². The van der Waals surface area contributed by atoms with Gasteiger partial charge in [0, 0.05) is 22.0 Å². The van der Waals surface area contributed by atoms with E-state index in [1.807, 2.05) is 48.5 Å². The molecular weight excluding hydrogens is 588 g/mol. The topological polar surface area (TPSA) is 138 Å². The Bertz CT molecular complexity index is 1930. The van der Waals surface area contributed by atoms with E-state index in [1.165, 1.54) is 4.31 Å². The highest BCUT2D eigenvalue weighted by atomic mass is 32.2. The summed E-state index contributed by atoms with van der Waals surface area (Å²) in [5.74, 6) is -0.724. The fourth-order valence-corrected chi connectivity index (χ4v) is 6.77. The summed E-state index contributed by atoms with van der Waals surface area (Å²) in [5.41, 5.74) is 9.82. The summed E-state index contributed by atoms with van der Waals surface area (Å²) in [5, 5.41) is 11.7. The number of nitrogens with two attached hydrogens (primary N) is 1. The van der Waals surface area contributed by atoms with Crippen LogP contribution in [0.1, 0.15) is 47.8 Å². The van der Waals surface area contributed by atoms with Crippen LogP contribution >= 0.6 is 0 Å². The van der Waals surface area contributed by atoms with E-state index in [1.54, 1.807) is 75.4 Å². The molecule has 4 N–H and O–H groups in total. The van der Waals surface area contributed by atoms with E-state index in [9.17, 15) is 18.3 Å². The number of hydrogen-bond acceptors (Lipinski definition) is 7. The number of rotatable bonds is 11. The molecule has 4 aromatic carbocycles. The number of aromatic amines is 1. The molecule has 0 spiro atoms. The van der Waals surface area contributed by atoms with Crippen LogP contribution < -0.4 is 10.0 Å². The highest BCUT2D eigenvalue weighted by molar-refractivity contribution is 7.92. The van der Waals surface area contributed by atoms with E-state index in [0.29, 0.717) is 44.7 Å². The van der Waals surface area contributed by atoms with E-state index in [4.69, 9.17) is 15.5 Å². The average Bonchev–Trinajstić information content (AvgIpc) is 3.34. The number of carbonyl (C=O) groups is 1. The lowest BCUT2D eigenvalue weighted by Crippen LogP contribution is -2.48. The number of anilines is 1. The fraction of sp³-hybridized carbons (Fsp3) is 0.200. The van der Waals surface area contributed by atoms with Crippen LogP contribution in [0.15, 0.2) is 108 Å². The Hall–Kier alpha value is -4.93. The van der Waals surface area contributed by atoms with Crippen LogP contribution in [-0.2, 0) is 20.5 Å². The largest absolute Gasteiger partial charge is 0.494 e. The Labute approximate surface area is 263 Å². The number of ether oxygens (including phenoxy) is 1. The van der Waals surface area contributed by atoms with Crippen molar-refractivity contribution in [3.05, 3.63) is 125 Å². The number of carbonyl (C=O) groups excluding carboxylic acids is 1. The average molecular weight is 625 g/mol. The Kier molecular flexibility index (Phi) is 9.08. The van der Waals surface area contributed by atoms with Crippen LogP contribution in [-0.4, -0.2) is 48.9 Å². The van der Waals surface area contributed by atoms with Gasteiger partial charge in [0.2, 0.25) is 10.0 Å². The van der Waals surface area contributed by atoms with Gasteiger partial charge in [-0.2, -0.15) is 0 Å². The van der Waals surface area contributed by atoms with Crippen LogP contribution in [0.5, 0.6) is 5.88 Å². The molecule has 1 heterocycles. The lowest BCUT2D eigenvalue weighted by atomic mass is 10.00. The Morgan fingerprint density at radius 2 is 1.58 bits per heavy atom. The molecule has 5 rings (SSSR count). The maximum atomic E-state index is 13.6. The number of fused-ring (bicyclic) bond motifs is 1. The lowest BCUT2D eigenvalue weighted by Gasteiger charge is -2.31. The zero-order valence-corrected chi connectivity index (χ0v) is 26.2. The van der Waals surface area contributed by atoms with Crippen LogP contribution in [0.4, 0.5) is 11.4 Å². The normalized spacial score (nSPS) is 12.3. The zero-order chi connectivity index (χ0) is 32.2. The minimum Gasteiger partial charge on any atom is -0.494 e. The quantitative estimate of drug-likeness (QED) is 0.117. The Morgan fingerprint density at radius 3 is 2.20 bits per heavy atom. The third kappa shape index (κ3) is 7.42. The molecule has 232 valence electrons. The first-order chi connectivity index (χ1) is 21.4. The summed E-state index contributed by atoms with van der Waals surface area (Å²) in [6.07, 6.45) is 0. The molecule has 0 bridgehead atoms. The van der Waals surface area contributed by atoms with Crippen molar-refractivity contribution in [1.82, 2.24) is 4.98 Å². The predicted molar refractivity (Wildman–Crippen MR) is 179 cm³/mol. The molecule has 5 aromatic rings. The number of nitrogens with one attached hydrogen (secondary N) is 1. The van der Waals surface area contributed by atoms with Crippen molar-refractivity contribution in [2.75, 3.05) is 17.5 Å². The predicted octanol–water partition coefficient (Wildman–Crippen LogP) is 6.29. The van der Waals surface area contributed by atoms with E-state index < -0.39 is 21.5 Å². The molecule has 9 nitrogen and oxygen atoms in total. The van der Waals surface area contributed by atoms with Gasteiger partial charge in [0.25, 0.3) is 0 Å². The molecule has 0 radical (unpaired) electrons. The molecule has 0 atom stereocenters. The summed E-state index contributed by atoms with van der Waals surface area (Å²) < 4.78 is 33.7. The first-order valence-electron chi connectivity index (χ1n) is 14.5. The third-order valence-electron chi connectivity index (χ3n) is 7.03. The number of hydrogen-bond donors (Lipinski definition) is 3. The number of nitrogens with zero attached hydrogens (tertiary/aromatic N) is 2. The zero-order valence-electron chi connectivity index (χ0n) is 25.4. The smallest absolute Gasteiger partial charge is 0.338 e. The molecule has 1 aromatic heterocycles. The SMILES string of the molecule is CCOC(=O)c1ccc2c(C(=Nc3ccc(N(CC(C)(C)N)S(=O)(=O)Cc4ccccc4)cc3)c3ccccc3)c(O)[nH]c2c1. The molecule has 0 aliphatic carbocycles. The first kappa shape index (κ1) is 31.5. The first-order valence-corrected chi connectivity index (χ1v) is 16.2. The summed E-state index contributed by atoms with van der Waals surface area (Å²) in [7, 11) is -3.77. The van der Waals surface area contributed by atoms with Crippen LogP contribution in [0.3, 0.4) is 0 Å². The molecule has 45 heavy (non-hydrogen) atoms. The highest BCUT2D eigenvalue weighted by Gasteiger charge is 2.28. The van der Waals surface area contributed by atoms with Crippen molar-refractivity contribution in [3.8, 4) is 5.88 Å². The van der Waals surface area contributed by atoms with Crippen LogP contribution in [0.25, 0.3) is 10.9 Å². The van der Waals surface area contributed by atoms with E-state index in [-0.39, 0.29) is 24.8 Å². The van der Waals surface area contributed by atoms with Crippen molar-refractivity contribution in [3.63, 3.8) is 0 Å². The monoisotopic (exact) mass is 624 g/mol. The number of aromatic hydroxyl groups is 1. The van der Waals surface area contributed by atoms with Crippen molar-refractivity contribution >= 4 is 44.0 Å². The fourth-order valence-electron chi connectivity index (χ4n) is 5.03. The summed E-state index contributed by atoms with van der Waals surface area (Å²) >= 11 is 0. The molecule has 0 unspecified atom stereocenters. The molecule has 0 fully saturated rings. The van der Waals surface area contributed by atoms with E-state index in [0.717, 1.165) is 5.56 Å². The van der Waals surface area contributed by atoms with Gasteiger partial charge < -0.3 is 20.6 Å². The number of H-pyrrole nitrogens is 1. The minimum atomic E-state index is -3.77. The Balaban J connectivity index is 1.56. The molecular formula is C35H36N4O5S. The van der Waals surface area contributed by atoms with Gasteiger partial charge in [0.15, 0.2) is 5.88 Å². The third-order valence-corrected chi connectivity index (χ3v) is 8.74. The molecule has 0 saturated heterocycles. The van der Waals surface area contributed by atoms with Gasteiger partial charge in [-0.3, -0.25) is 4.31 Å². The summed E-state index contributed by atoms with van der Waals surface area (Å²) in [6, 6.07) is 30.4. The summed E-state index contributed by atoms with van der Waals surface area (Å²) in [6.45, 7) is 5.64. The van der Waals surface area contributed by atoms with Gasteiger partial charge in [-0.15, -0.1) is 0 Å². The second-order valence-corrected chi connectivity index (χ2v) is 13.3. The number of benzene rings is 4. The van der Waals surface area contributed by atoms with Gasteiger partial charge in [-0.05, 0) is 62.7 Å². The molecule has 0 amide bonds. The number of sulfonamides is 1. The molecule has 0 aliphatic heterocycles. The molecule has 10 heteroatoms. The standard InChI is InChI=1S/C35H36N4O5S/c1-4-44-34(41)26-15-20-29-30(21-26)38-33(40)31(29)32(25-13-9-6-10-14-25)37-27-16-18-28(19-17-27)39(23-35(2,3)36)45(42,43)22-24-11-7-5-8-12-24/h5-21,38,40H,4,22-23,36H2,1-3H3. The van der Waals surface area contributed by atoms with Crippen molar-refractivity contribution in [2.24, 2.45) is 10.7 Å². The second kappa shape index (κ2) is 13.0. The number of aliphatic imine (C=N–C) groups is 1. The Morgan fingerprint density at radius 1 is 0.933 bits per heavy atom. The van der Waals surface area contributed by atoms with Gasteiger partial charge in [0.1, 0.15) is 0 Å². The van der Waals surface area contributed by atoms with E-state index in [2.05, 4.69) is 4.98 Å². The van der Waals surface area contributed by atoms with Gasteiger partial charge in [-0.25, -0.2) is 18.2 Å². The van der Waals surface area contributed by atoms with Crippen LogP contribution in [0.2, 0.25) is 0 Å². The maximum absolute atomic E-state index is 13.6. The van der Waals surface area contributed by atoms with Crippen molar-refractivity contribution in [1.29, 1.82) is 0 Å². The van der Waals surface area contributed by atoms with E-state index >= 15 is 0 Å². The number of esters is 1. The summed E-state index contributed by atoms with van der Waals surface area (Å²) in [4.78, 5) is 20.2. The van der Waals surface area contributed by atoms with Gasteiger partial charge in [0.05, 0.1) is 47.1 Å². The van der Waals surface area contributed by atoms with Crippen molar-refractivity contribution < 1.29 is 23.1 Å².